The first-order valence-corrected chi connectivity index (χ1v) is 11.2. The molecule has 3 heterocycles. The molecule has 1 aromatic heterocycles. The summed E-state index contributed by atoms with van der Waals surface area (Å²) in [4.78, 5) is 38.5. The number of carboxylic acid groups (broad SMARTS) is 1. The first-order valence-electron chi connectivity index (χ1n) is 10.8. The van der Waals surface area contributed by atoms with Crippen LogP contribution in [0.15, 0.2) is 42.7 Å². The average molecular weight is 515 g/mol. The number of rotatable bonds is 5. The summed E-state index contributed by atoms with van der Waals surface area (Å²) in [6.45, 7) is 0. The molecule has 184 valence electrons. The van der Waals surface area contributed by atoms with Crippen LogP contribution < -0.4 is 5.32 Å². The van der Waals surface area contributed by atoms with Gasteiger partial charge in [0.1, 0.15) is 18.2 Å². The zero-order chi connectivity index (χ0) is 25.6. The number of nitrogens with zero attached hydrogens (tertiary/aromatic N) is 5. The van der Waals surface area contributed by atoms with Gasteiger partial charge in [-0.3, -0.25) is 9.59 Å². The summed E-state index contributed by atoms with van der Waals surface area (Å²) >= 11 is 6.02. The van der Waals surface area contributed by atoms with Gasteiger partial charge in [0.15, 0.2) is 5.82 Å². The number of carbonyl (C=O) groups is 3. The van der Waals surface area contributed by atoms with E-state index in [4.69, 9.17) is 16.7 Å². The van der Waals surface area contributed by atoms with E-state index >= 15 is 4.39 Å². The first-order chi connectivity index (χ1) is 17.2. The van der Waals surface area contributed by atoms with Crippen LogP contribution in [-0.2, 0) is 9.59 Å². The molecule has 5 rings (SSSR count). The van der Waals surface area contributed by atoms with Crippen molar-refractivity contribution in [3.05, 3.63) is 70.5 Å². The Balaban J connectivity index is 1.41. The Kier molecular flexibility index (Phi) is 5.96. The molecule has 2 atom stereocenters. The van der Waals surface area contributed by atoms with Crippen LogP contribution >= 0.6 is 11.6 Å². The van der Waals surface area contributed by atoms with Gasteiger partial charge >= 0.3 is 5.97 Å². The van der Waals surface area contributed by atoms with E-state index in [1.807, 2.05) is 0 Å². The largest absolute Gasteiger partial charge is 0.478 e. The Morgan fingerprint density at radius 2 is 1.97 bits per heavy atom. The van der Waals surface area contributed by atoms with Crippen molar-refractivity contribution in [2.24, 2.45) is 0 Å². The third-order valence-electron chi connectivity index (χ3n) is 6.27. The number of amides is 2. The molecule has 2 aliphatic rings. The molecule has 0 saturated carbocycles. The number of carbonyl (C=O) groups excluding carboxylic acids is 2. The molecule has 1 saturated heterocycles. The molecule has 10 nitrogen and oxygen atoms in total. The van der Waals surface area contributed by atoms with Crippen LogP contribution in [0.25, 0.3) is 11.3 Å². The molecular formula is C23H17ClF2N6O4. The minimum atomic E-state index is -1.43. The number of nitrogens with one attached hydrogen (secondary N) is 1. The topological polar surface area (TPSA) is 130 Å². The summed E-state index contributed by atoms with van der Waals surface area (Å²) in [5.74, 6) is -4.14. The summed E-state index contributed by atoms with van der Waals surface area (Å²) in [7, 11) is 0. The number of halogens is 3. The monoisotopic (exact) mass is 514 g/mol. The molecule has 0 spiro atoms. The number of benzene rings is 2. The zero-order valence-corrected chi connectivity index (χ0v) is 19.1. The van der Waals surface area contributed by atoms with Gasteiger partial charge in [-0.2, -0.15) is 4.68 Å². The highest BCUT2D eigenvalue weighted by Crippen LogP contribution is 2.40. The predicted octanol–water partition coefficient (Wildman–Crippen LogP) is 3.08. The van der Waals surface area contributed by atoms with Crippen LogP contribution in [0.2, 0.25) is 5.02 Å². The van der Waals surface area contributed by atoms with Crippen molar-refractivity contribution in [3.8, 4) is 5.69 Å². The van der Waals surface area contributed by atoms with Gasteiger partial charge in [0.25, 0.3) is 0 Å². The maximum atomic E-state index is 15.2. The summed E-state index contributed by atoms with van der Waals surface area (Å²) in [6.07, 6.45) is 3.66. The number of hydrogen-bond acceptors (Lipinski definition) is 6. The number of tetrazole rings is 1. The molecule has 3 aromatic rings. The lowest BCUT2D eigenvalue weighted by molar-refractivity contribution is -0.135. The van der Waals surface area contributed by atoms with Crippen LogP contribution in [-0.4, -0.2) is 60.1 Å². The zero-order valence-electron chi connectivity index (χ0n) is 18.4. The van der Waals surface area contributed by atoms with Crippen molar-refractivity contribution in [2.75, 3.05) is 5.32 Å². The van der Waals surface area contributed by atoms with Gasteiger partial charge in [0, 0.05) is 23.4 Å². The Bertz CT molecular complexity index is 1430. The highest BCUT2D eigenvalue weighted by molar-refractivity contribution is 6.31. The van der Waals surface area contributed by atoms with Crippen molar-refractivity contribution in [1.29, 1.82) is 0 Å². The number of anilines is 1. The van der Waals surface area contributed by atoms with E-state index in [1.54, 1.807) is 6.07 Å². The molecule has 0 unspecified atom stereocenters. The van der Waals surface area contributed by atoms with Gasteiger partial charge in [-0.1, -0.05) is 11.6 Å². The molecule has 0 radical (unpaired) electrons. The highest BCUT2D eigenvalue weighted by Gasteiger charge is 2.43. The van der Waals surface area contributed by atoms with Crippen LogP contribution in [0, 0.1) is 11.6 Å². The van der Waals surface area contributed by atoms with Crippen molar-refractivity contribution >= 4 is 40.6 Å². The lowest BCUT2D eigenvalue weighted by Crippen LogP contribution is -2.48. The van der Waals surface area contributed by atoms with Gasteiger partial charge in [-0.05, 0) is 65.6 Å². The summed E-state index contributed by atoms with van der Waals surface area (Å²) < 4.78 is 30.4. The molecule has 0 bridgehead atoms. The van der Waals surface area contributed by atoms with Gasteiger partial charge in [0.05, 0.1) is 16.3 Å². The van der Waals surface area contributed by atoms with E-state index in [1.165, 1.54) is 34.1 Å². The first kappa shape index (κ1) is 23.5. The van der Waals surface area contributed by atoms with Gasteiger partial charge < -0.3 is 15.3 Å². The van der Waals surface area contributed by atoms with E-state index in [0.717, 1.165) is 12.1 Å². The Labute approximate surface area is 207 Å². The lowest BCUT2D eigenvalue weighted by Gasteiger charge is -2.33. The van der Waals surface area contributed by atoms with E-state index in [2.05, 4.69) is 20.8 Å². The standard InChI is InChI=1S/C23H17ClF2N6O4/c24-15-4-6-17(31-10-27-29-30-31)20(21(15)26)11-7-13-2-5-18(32(13)19(33)8-11)22(34)28-12-1-3-14(23(35)36)16(25)9-12/h1,3-4,6,8-10,13,18H,2,5,7H2,(H,28,34)(H,35,36)/t13-,18+/m1/s1. The number of aromatic nitrogens is 4. The van der Waals surface area contributed by atoms with E-state index in [9.17, 15) is 18.8 Å². The molecule has 13 heteroatoms. The van der Waals surface area contributed by atoms with Crippen molar-refractivity contribution in [3.63, 3.8) is 0 Å². The van der Waals surface area contributed by atoms with E-state index < -0.39 is 41.0 Å². The fourth-order valence-corrected chi connectivity index (χ4v) is 4.84. The van der Waals surface area contributed by atoms with Gasteiger partial charge in [-0.25, -0.2) is 13.6 Å². The predicted molar refractivity (Wildman–Crippen MR) is 122 cm³/mol. The summed E-state index contributed by atoms with van der Waals surface area (Å²) in [6, 6.07) is 4.95. The molecule has 2 aliphatic heterocycles. The quantitative estimate of drug-likeness (QED) is 0.535. The third-order valence-corrected chi connectivity index (χ3v) is 6.56. The van der Waals surface area contributed by atoms with Crippen LogP contribution in [0.1, 0.15) is 35.2 Å². The second-order valence-corrected chi connectivity index (χ2v) is 8.77. The Morgan fingerprint density at radius 3 is 2.67 bits per heavy atom. The van der Waals surface area contributed by atoms with Gasteiger partial charge in [0.2, 0.25) is 11.8 Å². The second-order valence-electron chi connectivity index (χ2n) is 8.37. The molecular weight excluding hydrogens is 498 g/mol. The minimum absolute atomic E-state index is 0.0683. The fourth-order valence-electron chi connectivity index (χ4n) is 4.69. The van der Waals surface area contributed by atoms with Crippen LogP contribution in [0.5, 0.6) is 0 Å². The van der Waals surface area contributed by atoms with Crippen molar-refractivity contribution in [1.82, 2.24) is 25.1 Å². The van der Waals surface area contributed by atoms with Crippen LogP contribution in [0.4, 0.5) is 14.5 Å². The third kappa shape index (κ3) is 4.09. The molecule has 2 aromatic carbocycles. The second kappa shape index (κ2) is 9.11. The fraction of sp³-hybridized carbons (Fsp3) is 0.217. The Hall–Kier alpha value is -4.19. The maximum Gasteiger partial charge on any atom is 0.338 e. The number of carboxylic acids is 1. The molecule has 2 amide bonds. The van der Waals surface area contributed by atoms with Crippen molar-refractivity contribution in [2.45, 2.75) is 31.3 Å². The molecule has 0 aliphatic carbocycles. The van der Waals surface area contributed by atoms with Crippen molar-refractivity contribution < 1.29 is 28.3 Å². The number of fused-ring (bicyclic) bond motifs is 1. The summed E-state index contributed by atoms with van der Waals surface area (Å²) in [5, 5.41) is 22.3. The molecule has 1 fully saturated rings. The number of hydrogen-bond donors (Lipinski definition) is 2. The SMILES string of the molecule is O=C(O)c1ccc(NC(=O)[C@@H]2CC[C@@H]3CC(c4c(-n5cnnn5)ccc(Cl)c4F)=CC(=O)N32)cc1F. The normalized spacial score (nSPS) is 19.1. The Morgan fingerprint density at radius 1 is 1.17 bits per heavy atom. The summed E-state index contributed by atoms with van der Waals surface area (Å²) in [5.41, 5.74) is 0.364. The maximum absolute atomic E-state index is 15.2. The molecule has 2 N–H and O–H groups in total. The average Bonchev–Trinajstić information content (AvgIpc) is 3.51. The van der Waals surface area contributed by atoms with E-state index in [-0.39, 0.29) is 28.7 Å². The van der Waals surface area contributed by atoms with Crippen LogP contribution in [0.3, 0.4) is 0 Å². The van der Waals surface area contributed by atoms with E-state index in [0.29, 0.717) is 24.1 Å². The van der Waals surface area contributed by atoms with Gasteiger partial charge in [-0.15, -0.1) is 5.10 Å². The number of aromatic carboxylic acids is 1. The minimum Gasteiger partial charge on any atom is -0.478 e. The smallest absolute Gasteiger partial charge is 0.338 e. The lowest BCUT2D eigenvalue weighted by atomic mass is 9.92. The molecule has 36 heavy (non-hydrogen) atoms. The highest BCUT2D eigenvalue weighted by atomic mass is 35.5.